The van der Waals surface area contributed by atoms with Crippen LogP contribution < -0.4 is 5.32 Å². The average Bonchev–Trinajstić information content (AvgIpc) is 2.63. The van der Waals surface area contributed by atoms with Gasteiger partial charge in [-0.25, -0.2) is 8.42 Å². The van der Waals surface area contributed by atoms with Gasteiger partial charge in [0.2, 0.25) is 10.0 Å². The van der Waals surface area contributed by atoms with Gasteiger partial charge in [0.25, 0.3) is 0 Å². The van der Waals surface area contributed by atoms with E-state index in [1.54, 1.807) is 24.3 Å². The van der Waals surface area contributed by atoms with Gasteiger partial charge in [-0.15, -0.1) is 0 Å². The number of nitriles is 2. The fourth-order valence-electron chi connectivity index (χ4n) is 2.07. The molecule has 0 aliphatic rings. The Morgan fingerprint density at radius 3 is 2.24 bits per heavy atom. The van der Waals surface area contributed by atoms with Crippen molar-refractivity contribution in [1.82, 2.24) is 4.31 Å². The molecule has 0 bridgehead atoms. The van der Waals surface area contributed by atoms with Gasteiger partial charge < -0.3 is 5.32 Å². The molecule has 2 aromatic rings. The van der Waals surface area contributed by atoms with Crippen molar-refractivity contribution in [1.29, 1.82) is 10.5 Å². The molecule has 0 heterocycles. The Kier molecular flexibility index (Phi) is 5.91. The van der Waals surface area contributed by atoms with E-state index >= 15 is 0 Å². The Bertz CT molecular complexity index is 921. The van der Waals surface area contributed by atoms with Crippen molar-refractivity contribution in [3.8, 4) is 12.1 Å². The summed E-state index contributed by atoms with van der Waals surface area (Å²) in [6.45, 7) is 0.277. The van der Waals surface area contributed by atoms with E-state index in [1.807, 2.05) is 30.3 Å². The Morgan fingerprint density at radius 2 is 1.68 bits per heavy atom. The number of benzene rings is 2. The van der Waals surface area contributed by atoms with Crippen LogP contribution in [0.1, 0.15) is 5.56 Å². The molecule has 0 aliphatic heterocycles. The number of sulfonamides is 1. The standard InChI is InChI=1S/C18H16N4O2S/c1-22(14-15-5-3-2-4-6-15)25(23,24)18-9-7-17(8-10-18)21-13-16(11-19)12-20/h2-10,13,21H,14H2,1H3. The molecule has 0 radical (unpaired) electrons. The van der Waals surface area contributed by atoms with Gasteiger partial charge in [-0.3, -0.25) is 0 Å². The minimum Gasteiger partial charge on any atom is -0.360 e. The van der Waals surface area contributed by atoms with Crippen LogP contribution >= 0.6 is 0 Å². The SMILES string of the molecule is CN(Cc1ccccc1)S(=O)(=O)c1ccc(NC=C(C#N)C#N)cc1. The summed E-state index contributed by atoms with van der Waals surface area (Å²) in [5.74, 6) is 0. The van der Waals surface area contributed by atoms with Crippen LogP contribution in [-0.4, -0.2) is 19.8 Å². The highest BCUT2D eigenvalue weighted by Gasteiger charge is 2.20. The Labute approximate surface area is 147 Å². The molecule has 0 aliphatic carbocycles. The number of hydrogen-bond acceptors (Lipinski definition) is 5. The van der Waals surface area contributed by atoms with Crippen molar-refractivity contribution in [3.05, 3.63) is 71.9 Å². The number of nitrogens with one attached hydrogen (secondary N) is 1. The second-order valence-electron chi connectivity index (χ2n) is 5.20. The zero-order valence-electron chi connectivity index (χ0n) is 13.5. The molecule has 7 heteroatoms. The average molecular weight is 352 g/mol. The van der Waals surface area contributed by atoms with Crippen LogP contribution in [0.3, 0.4) is 0 Å². The van der Waals surface area contributed by atoms with Crippen molar-refractivity contribution in [2.24, 2.45) is 0 Å². The second-order valence-corrected chi connectivity index (χ2v) is 7.24. The first-order valence-corrected chi connectivity index (χ1v) is 8.78. The minimum atomic E-state index is -3.61. The van der Waals surface area contributed by atoms with E-state index in [1.165, 1.54) is 29.7 Å². The summed E-state index contributed by atoms with van der Waals surface area (Å²) in [7, 11) is -2.08. The van der Waals surface area contributed by atoms with Crippen molar-refractivity contribution in [3.63, 3.8) is 0 Å². The predicted molar refractivity (Wildman–Crippen MR) is 94.5 cm³/mol. The maximum atomic E-state index is 12.6. The molecule has 2 rings (SSSR count). The quantitative estimate of drug-likeness (QED) is 0.806. The lowest BCUT2D eigenvalue weighted by Crippen LogP contribution is -2.26. The Balaban J connectivity index is 2.13. The topological polar surface area (TPSA) is 97.0 Å². The van der Waals surface area contributed by atoms with Gasteiger partial charge in [0.15, 0.2) is 0 Å². The lowest BCUT2D eigenvalue weighted by atomic mass is 10.2. The van der Waals surface area contributed by atoms with Gasteiger partial charge in [-0.2, -0.15) is 14.8 Å². The number of anilines is 1. The van der Waals surface area contributed by atoms with E-state index in [2.05, 4.69) is 5.32 Å². The first kappa shape index (κ1) is 18.2. The van der Waals surface area contributed by atoms with Gasteiger partial charge in [-0.05, 0) is 29.8 Å². The zero-order chi connectivity index (χ0) is 18.3. The number of rotatable bonds is 6. The molecule has 126 valence electrons. The summed E-state index contributed by atoms with van der Waals surface area (Å²) >= 11 is 0. The molecular formula is C18H16N4O2S. The zero-order valence-corrected chi connectivity index (χ0v) is 14.4. The fourth-order valence-corrected chi connectivity index (χ4v) is 3.23. The van der Waals surface area contributed by atoms with Crippen LogP contribution in [0, 0.1) is 22.7 Å². The predicted octanol–water partition coefficient (Wildman–Crippen LogP) is 2.85. The molecule has 0 aromatic heterocycles. The summed E-state index contributed by atoms with van der Waals surface area (Å²) in [5, 5.41) is 20.1. The van der Waals surface area contributed by atoms with E-state index in [4.69, 9.17) is 10.5 Å². The van der Waals surface area contributed by atoms with Crippen molar-refractivity contribution in [2.45, 2.75) is 11.4 Å². The Morgan fingerprint density at radius 1 is 1.08 bits per heavy atom. The van der Waals surface area contributed by atoms with E-state index in [-0.39, 0.29) is 17.0 Å². The van der Waals surface area contributed by atoms with Crippen molar-refractivity contribution >= 4 is 15.7 Å². The van der Waals surface area contributed by atoms with E-state index in [0.29, 0.717) is 5.69 Å². The van der Waals surface area contributed by atoms with Crippen LogP contribution in [-0.2, 0) is 16.6 Å². The van der Waals surface area contributed by atoms with Crippen LogP contribution in [0.5, 0.6) is 0 Å². The van der Waals surface area contributed by atoms with Crippen LogP contribution in [0.4, 0.5) is 5.69 Å². The number of allylic oxidation sites excluding steroid dienone is 1. The highest BCUT2D eigenvalue weighted by molar-refractivity contribution is 7.89. The highest BCUT2D eigenvalue weighted by atomic mass is 32.2. The lowest BCUT2D eigenvalue weighted by Gasteiger charge is -2.17. The molecule has 0 spiro atoms. The largest absolute Gasteiger partial charge is 0.360 e. The molecule has 25 heavy (non-hydrogen) atoms. The summed E-state index contributed by atoms with van der Waals surface area (Å²) in [4.78, 5) is 0.168. The number of nitrogens with zero attached hydrogens (tertiary/aromatic N) is 3. The van der Waals surface area contributed by atoms with E-state index in [9.17, 15) is 8.42 Å². The van der Waals surface area contributed by atoms with Gasteiger partial charge in [-0.1, -0.05) is 30.3 Å². The molecule has 0 amide bonds. The van der Waals surface area contributed by atoms with E-state index in [0.717, 1.165) is 5.56 Å². The van der Waals surface area contributed by atoms with Gasteiger partial charge >= 0.3 is 0 Å². The normalized spacial score (nSPS) is 10.6. The minimum absolute atomic E-state index is 0.0701. The molecule has 0 unspecified atom stereocenters. The molecule has 2 aromatic carbocycles. The fraction of sp³-hybridized carbons (Fsp3) is 0.111. The molecule has 0 fully saturated rings. The Hall–Kier alpha value is -3.13. The van der Waals surface area contributed by atoms with Gasteiger partial charge in [0.05, 0.1) is 4.90 Å². The second kappa shape index (κ2) is 8.11. The summed E-state index contributed by atoms with van der Waals surface area (Å²) < 4.78 is 26.5. The van der Waals surface area contributed by atoms with Crippen LogP contribution in [0.25, 0.3) is 0 Å². The molecule has 0 saturated heterocycles. The lowest BCUT2D eigenvalue weighted by molar-refractivity contribution is 0.467. The highest BCUT2D eigenvalue weighted by Crippen LogP contribution is 2.19. The third-order valence-electron chi connectivity index (χ3n) is 3.43. The monoisotopic (exact) mass is 352 g/mol. The summed E-state index contributed by atoms with van der Waals surface area (Å²) in [6.07, 6.45) is 1.27. The van der Waals surface area contributed by atoms with Crippen molar-refractivity contribution < 1.29 is 8.42 Å². The van der Waals surface area contributed by atoms with Crippen LogP contribution in [0.15, 0.2) is 71.3 Å². The maximum absolute atomic E-state index is 12.6. The first-order valence-electron chi connectivity index (χ1n) is 7.34. The molecule has 6 nitrogen and oxygen atoms in total. The number of hydrogen-bond donors (Lipinski definition) is 1. The third-order valence-corrected chi connectivity index (χ3v) is 5.25. The molecule has 0 saturated carbocycles. The molecular weight excluding hydrogens is 336 g/mol. The molecule has 0 atom stereocenters. The molecule has 1 N–H and O–H groups in total. The van der Waals surface area contributed by atoms with Crippen LogP contribution in [0.2, 0.25) is 0 Å². The van der Waals surface area contributed by atoms with E-state index < -0.39 is 10.0 Å². The summed E-state index contributed by atoms with van der Waals surface area (Å²) in [6, 6.07) is 18.9. The van der Waals surface area contributed by atoms with Crippen molar-refractivity contribution in [2.75, 3.05) is 12.4 Å². The first-order chi connectivity index (χ1) is 12.0. The summed E-state index contributed by atoms with van der Waals surface area (Å²) in [5.41, 5.74) is 1.41. The smallest absolute Gasteiger partial charge is 0.243 e. The third kappa shape index (κ3) is 4.67. The van der Waals surface area contributed by atoms with Gasteiger partial charge in [0.1, 0.15) is 17.7 Å². The van der Waals surface area contributed by atoms with Gasteiger partial charge in [0, 0.05) is 25.5 Å². The maximum Gasteiger partial charge on any atom is 0.243 e.